The molecule has 0 bridgehead atoms. The molecule has 0 aliphatic carbocycles. The Bertz CT molecular complexity index is 618. The van der Waals surface area contributed by atoms with E-state index in [0.717, 1.165) is 17.3 Å². The number of benzene rings is 1. The quantitative estimate of drug-likeness (QED) is 0.821. The molecule has 0 unspecified atom stereocenters. The van der Waals surface area contributed by atoms with E-state index in [-0.39, 0.29) is 18.6 Å². The molecule has 0 saturated heterocycles. The molecule has 0 aliphatic heterocycles. The van der Waals surface area contributed by atoms with Crippen LogP contribution in [-0.4, -0.2) is 29.5 Å². The maximum atomic E-state index is 12.0. The Kier molecular flexibility index (Phi) is 4.40. The molecule has 5 heteroatoms. The third-order valence-electron chi connectivity index (χ3n) is 3.16. The Hall–Kier alpha value is -2.30. The number of amides is 1. The van der Waals surface area contributed by atoms with Crippen molar-refractivity contribution in [3.8, 4) is 0 Å². The summed E-state index contributed by atoms with van der Waals surface area (Å²) < 4.78 is 5.03. The van der Waals surface area contributed by atoms with Crippen LogP contribution in [0.1, 0.15) is 30.6 Å². The molecule has 1 aromatic heterocycles. The summed E-state index contributed by atoms with van der Waals surface area (Å²) in [4.78, 5) is 26.5. The highest BCUT2D eigenvalue weighted by molar-refractivity contribution is 6.04. The fraction of sp³-hybridized carbons (Fsp3) is 0.333. The van der Waals surface area contributed by atoms with Crippen molar-refractivity contribution in [2.45, 2.75) is 26.3 Å². The Morgan fingerprint density at radius 1 is 1.35 bits per heavy atom. The van der Waals surface area contributed by atoms with Crippen molar-refractivity contribution in [3.05, 3.63) is 36.0 Å². The van der Waals surface area contributed by atoms with Gasteiger partial charge in [0.05, 0.1) is 5.56 Å². The van der Waals surface area contributed by atoms with Gasteiger partial charge in [-0.25, -0.2) is 4.79 Å². The van der Waals surface area contributed by atoms with Crippen molar-refractivity contribution < 1.29 is 14.3 Å². The van der Waals surface area contributed by atoms with Gasteiger partial charge in [0.25, 0.3) is 5.91 Å². The zero-order valence-corrected chi connectivity index (χ0v) is 11.6. The molecule has 1 heterocycles. The fourth-order valence-corrected chi connectivity index (χ4v) is 1.87. The molecule has 2 N–H and O–H groups in total. The zero-order valence-electron chi connectivity index (χ0n) is 11.6. The van der Waals surface area contributed by atoms with Gasteiger partial charge in [-0.2, -0.15) is 0 Å². The highest BCUT2D eigenvalue weighted by Gasteiger charge is 2.15. The van der Waals surface area contributed by atoms with Crippen LogP contribution in [-0.2, 0) is 9.53 Å². The number of carbonyl (C=O) groups excluding carboxylic acids is 2. The van der Waals surface area contributed by atoms with Gasteiger partial charge in [-0.3, -0.25) is 4.79 Å². The molecular weight excluding hydrogens is 256 g/mol. The third kappa shape index (κ3) is 3.17. The SMILES string of the molecule is CC[C@@H](C)NC(=O)COC(=O)c1c[nH]c2ccccc12. The summed E-state index contributed by atoms with van der Waals surface area (Å²) in [6.45, 7) is 3.62. The highest BCUT2D eigenvalue weighted by Crippen LogP contribution is 2.18. The van der Waals surface area contributed by atoms with Crippen LogP contribution >= 0.6 is 0 Å². The van der Waals surface area contributed by atoms with Crippen molar-refractivity contribution in [2.75, 3.05) is 6.61 Å². The molecule has 106 valence electrons. The molecule has 5 nitrogen and oxygen atoms in total. The summed E-state index contributed by atoms with van der Waals surface area (Å²) in [5, 5.41) is 3.53. The lowest BCUT2D eigenvalue weighted by atomic mass is 10.2. The zero-order chi connectivity index (χ0) is 14.5. The average Bonchev–Trinajstić information content (AvgIpc) is 2.88. The van der Waals surface area contributed by atoms with Crippen molar-refractivity contribution in [2.24, 2.45) is 0 Å². The number of para-hydroxylation sites is 1. The van der Waals surface area contributed by atoms with E-state index in [1.165, 1.54) is 0 Å². The maximum Gasteiger partial charge on any atom is 0.340 e. The smallest absolute Gasteiger partial charge is 0.340 e. The van der Waals surface area contributed by atoms with Gasteiger partial charge >= 0.3 is 5.97 Å². The molecule has 0 aliphatic rings. The van der Waals surface area contributed by atoms with E-state index < -0.39 is 5.97 Å². The van der Waals surface area contributed by atoms with Crippen LogP contribution in [0.25, 0.3) is 10.9 Å². The Morgan fingerprint density at radius 2 is 2.10 bits per heavy atom. The number of fused-ring (bicyclic) bond motifs is 1. The van der Waals surface area contributed by atoms with E-state index in [0.29, 0.717) is 5.56 Å². The minimum absolute atomic E-state index is 0.0780. The minimum atomic E-state index is -0.498. The number of aromatic amines is 1. The van der Waals surface area contributed by atoms with Gasteiger partial charge in [0.15, 0.2) is 6.61 Å². The lowest BCUT2D eigenvalue weighted by Gasteiger charge is -2.11. The van der Waals surface area contributed by atoms with Crippen molar-refractivity contribution >= 4 is 22.8 Å². The van der Waals surface area contributed by atoms with Crippen LogP contribution in [0.5, 0.6) is 0 Å². The standard InChI is InChI=1S/C15H18N2O3/c1-3-10(2)17-14(18)9-20-15(19)12-8-16-13-7-5-4-6-11(12)13/h4-8,10,16H,3,9H2,1-2H3,(H,17,18)/t10-/m1/s1. The van der Waals surface area contributed by atoms with Crippen molar-refractivity contribution in [1.82, 2.24) is 10.3 Å². The molecule has 0 spiro atoms. The predicted molar refractivity (Wildman–Crippen MR) is 76.5 cm³/mol. The molecule has 1 amide bonds. The number of esters is 1. The number of carbonyl (C=O) groups is 2. The summed E-state index contributed by atoms with van der Waals surface area (Å²) >= 11 is 0. The fourth-order valence-electron chi connectivity index (χ4n) is 1.87. The molecule has 1 aromatic carbocycles. The van der Waals surface area contributed by atoms with Gasteiger partial charge in [-0.15, -0.1) is 0 Å². The lowest BCUT2D eigenvalue weighted by Crippen LogP contribution is -2.35. The summed E-state index contributed by atoms with van der Waals surface area (Å²) in [6, 6.07) is 7.52. The van der Waals surface area contributed by atoms with Crippen LogP contribution in [0.3, 0.4) is 0 Å². The van der Waals surface area contributed by atoms with Crippen LogP contribution in [0, 0.1) is 0 Å². The Labute approximate surface area is 117 Å². The molecule has 2 aromatic rings. The second-order valence-corrected chi connectivity index (χ2v) is 4.70. The molecule has 2 rings (SSSR count). The van der Waals surface area contributed by atoms with E-state index >= 15 is 0 Å². The number of aromatic nitrogens is 1. The van der Waals surface area contributed by atoms with Crippen LogP contribution < -0.4 is 5.32 Å². The van der Waals surface area contributed by atoms with Crippen molar-refractivity contribution in [1.29, 1.82) is 0 Å². The first-order valence-corrected chi connectivity index (χ1v) is 6.64. The van der Waals surface area contributed by atoms with Gasteiger partial charge in [0.2, 0.25) is 0 Å². The second kappa shape index (κ2) is 6.23. The molecule has 0 fully saturated rings. The second-order valence-electron chi connectivity index (χ2n) is 4.70. The van der Waals surface area contributed by atoms with E-state index in [2.05, 4.69) is 10.3 Å². The minimum Gasteiger partial charge on any atom is -0.452 e. The largest absolute Gasteiger partial charge is 0.452 e. The number of H-pyrrole nitrogens is 1. The monoisotopic (exact) mass is 274 g/mol. The maximum absolute atomic E-state index is 12.0. The first-order valence-electron chi connectivity index (χ1n) is 6.64. The topological polar surface area (TPSA) is 71.2 Å². The Morgan fingerprint density at radius 3 is 2.85 bits per heavy atom. The molecule has 20 heavy (non-hydrogen) atoms. The molecule has 0 saturated carbocycles. The molecule has 0 radical (unpaired) electrons. The van der Waals surface area contributed by atoms with Crippen LogP contribution in [0.2, 0.25) is 0 Å². The normalized spacial score (nSPS) is 12.1. The first kappa shape index (κ1) is 14.1. The number of hydrogen-bond donors (Lipinski definition) is 2. The van der Waals surface area contributed by atoms with Gasteiger partial charge in [-0.1, -0.05) is 25.1 Å². The van der Waals surface area contributed by atoms with E-state index in [9.17, 15) is 9.59 Å². The van der Waals surface area contributed by atoms with Gasteiger partial charge in [0.1, 0.15) is 0 Å². The van der Waals surface area contributed by atoms with Crippen LogP contribution in [0.15, 0.2) is 30.5 Å². The summed E-state index contributed by atoms with van der Waals surface area (Å²) in [5.74, 6) is -0.783. The Balaban J connectivity index is 1.97. The van der Waals surface area contributed by atoms with Gasteiger partial charge in [-0.05, 0) is 19.4 Å². The van der Waals surface area contributed by atoms with E-state index in [1.807, 2.05) is 38.1 Å². The van der Waals surface area contributed by atoms with Crippen molar-refractivity contribution in [3.63, 3.8) is 0 Å². The first-order chi connectivity index (χ1) is 9.61. The number of rotatable bonds is 5. The summed E-state index contributed by atoms with van der Waals surface area (Å²) in [6.07, 6.45) is 2.43. The molecule has 1 atom stereocenters. The predicted octanol–water partition coefficient (Wildman–Crippen LogP) is 2.24. The molecular formula is C15H18N2O3. The van der Waals surface area contributed by atoms with E-state index in [1.54, 1.807) is 6.20 Å². The number of ether oxygens (including phenoxy) is 1. The lowest BCUT2D eigenvalue weighted by molar-refractivity contribution is -0.124. The van der Waals surface area contributed by atoms with E-state index in [4.69, 9.17) is 4.74 Å². The van der Waals surface area contributed by atoms with Gasteiger partial charge in [0, 0.05) is 23.1 Å². The number of nitrogens with one attached hydrogen (secondary N) is 2. The average molecular weight is 274 g/mol. The number of hydrogen-bond acceptors (Lipinski definition) is 3. The van der Waals surface area contributed by atoms with Gasteiger partial charge < -0.3 is 15.0 Å². The highest BCUT2D eigenvalue weighted by atomic mass is 16.5. The van der Waals surface area contributed by atoms with Crippen LogP contribution in [0.4, 0.5) is 0 Å². The summed E-state index contributed by atoms with van der Waals surface area (Å²) in [7, 11) is 0. The summed E-state index contributed by atoms with van der Waals surface area (Å²) in [5.41, 5.74) is 1.31. The third-order valence-corrected chi connectivity index (χ3v) is 3.16.